The van der Waals surface area contributed by atoms with Gasteiger partial charge in [-0.3, -0.25) is 4.79 Å². The van der Waals surface area contributed by atoms with Crippen LogP contribution in [0.2, 0.25) is 0 Å². The van der Waals surface area contributed by atoms with E-state index in [1.807, 2.05) is 6.07 Å². The Balaban J connectivity index is 2.43. The standard InChI is InChI=1S/C18H26O2/c1-12(2)10-18(11-13(3)4)9-8-14-15(17(18)20)6-5-7-16(14)19/h5-7,12-13,19H,8-11H2,1-4H3. The zero-order valence-electron chi connectivity index (χ0n) is 13.1. The first-order valence-electron chi connectivity index (χ1n) is 7.71. The molecule has 0 saturated heterocycles. The molecule has 0 saturated carbocycles. The number of phenols is 1. The Bertz CT molecular complexity index is 490. The van der Waals surface area contributed by atoms with E-state index in [4.69, 9.17) is 0 Å². The summed E-state index contributed by atoms with van der Waals surface area (Å²) in [5.74, 6) is 1.55. The summed E-state index contributed by atoms with van der Waals surface area (Å²) in [6.07, 6.45) is 3.57. The van der Waals surface area contributed by atoms with Crippen LogP contribution in [-0.4, -0.2) is 10.9 Å². The lowest BCUT2D eigenvalue weighted by atomic mass is 9.63. The Hall–Kier alpha value is -1.31. The van der Waals surface area contributed by atoms with Gasteiger partial charge in [-0.1, -0.05) is 39.8 Å². The van der Waals surface area contributed by atoms with Crippen LogP contribution in [0.3, 0.4) is 0 Å². The van der Waals surface area contributed by atoms with Crippen molar-refractivity contribution in [2.24, 2.45) is 17.3 Å². The van der Waals surface area contributed by atoms with E-state index in [-0.39, 0.29) is 16.9 Å². The highest BCUT2D eigenvalue weighted by Gasteiger charge is 2.43. The number of carbonyl (C=O) groups excluding carboxylic acids is 1. The van der Waals surface area contributed by atoms with Crippen molar-refractivity contribution in [3.8, 4) is 5.75 Å². The van der Waals surface area contributed by atoms with Crippen molar-refractivity contribution in [1.29, 1.82) is 0 Å². The van der Waals surface area contributed by atoms with Gasteiger partial charge < -0.3 is 5.11 Å². The maximum Gasteiger partial charge on any atom is 0.169 e. The van der Waals surface area contributed by atoms with Crippen LogP contribution < -0.4 is 0 Å². The third-order valence-corrected chi connectivity index (χ3v) is 4.33. The molecule has 0 spiro atoms. The average molecular weight is 274 g/mol. The number of fused-ring (bicyclic) bond motifs is 1. The van der Waals surface area contributed by atoms with Crippen molar-refractivity contribution in [1.82, 2.24) is 0 Å². The Labute approximate surface area is 122 Å². The number of phenolic OH excluding ortho intramolecular Hbond substituents is 1. The maximum atomic E-state index is 13.1. The van der Waals surface area contributed by atoms with E-state index in [0.29, 0.717) is 11.8 Å². The first-order chi connectivity index (χ1) is 9.35. The lowest BCUT2D eigenvalue weighted by molar-refractivity contribution is 0.0654. The molecule has 1 aliphatic carbocycles. The van der Waals surface area contributed by atoms with E-state index in [2.05, 4.69) is 27.7 Å². The van der Waals surface area contributed by atoms with Gasteiger partial charge in [0.2, 0.25) is 0 Å². The van der Waals surface area contributed by atoms with Gasteiger partial charge in [0.15, 0.2) is 5.78 Å². The topological polar surface area (TPSA) is 37.3 Å². The van der Waals surface area contributed by atoms with E-state index in [1.54, 1.807) is 12.1 Å². The first kappa shape index (κ1) is 15.1. The van der Waals surface area contributed by atoms with Gasteiger partial charge in [-0.2, -0.15) is 0 Å². The van der Waals surface area contributed by atoms with Crippen molar-refractivity contribution in [2.75, 3.05) is 0 Å². The molecular formula is C18H26O2. The summed E-state index contributed by atoms with van der Waals surface area (Å²) >= 11 is 0. The van der Waals surface area contributed by atoms with Crippen LogP contribution in [0.4, 0.5) is 0 Å². The average Bonchev–Trinajstić information content (AvgIpc) is 2.33. The summed E-state index contributed by atoms with van der Waals surface area (Å²) in [5.41, 5.74) is 1.36. The fourth-order valence-electron chi connectivity index (χ4n) is 3.85. The van der Waals surface area contributed by atoms with E-state index < -0.39 is 0 Å². The fraction of sp³-hybridized carbons (Fsp3) is 0.611. The minimum atomic E-state index is -0.233. The molecule has 0 atom stereocenters. The molecule has 1 aromatic rings. The number of ketones is 1. The molecule has 1 N–H and O–H groups in total. The van der Waals surface area contributed by atoms with Gasteiger partial charge >= 0.3 is 0 Å². The second kappa shape index (κ2) is 5.59. The summed E-state index contributed by atoms with van der Waals surface area (Å²) in [7, 11) is 0. The Morgan fingerprint density at radius 1 is 1.15 bits per heavy atom. The van der Waals surface area contributed by atoms with Crippen LogP contribution >= 0.6 is 0 Å². The van der Waals surface area contributed by atoms with Crippen molar-refractivity contribution >= 4 is 5.78 Å². The van der Waals surface area contributed by atoms with Gasteiger partial charge in [0.1, 0.15) is 5.75 Å². The molecule has 20 heavy (non-hydrogen) atoms. The van der Waals surface area contributed by atoms with E-state index in [1.165, 1.54) is 0 Å². The molecule has 110 valence electrons. The number of hydrogen-bond donors (Lipinski definition) is 1. The molecule has 0 aliphatic heterocycles. The van der Waals surface area contributed by atoms with Crippen LogP contribution in [0, 0.1) is 17.3 Å². The maximum absolute atomic E-state index is 13.1. The Kier molecular flexibility index (Phi) is 4.22. The van der Waals surface area contributed by atoms with E-state index in [0.717, 1.165) is 36.8 Å². The molecule has 0 unspecified atom stereocenters. The number of benzene rings is 1. The highest BCUT2D eigenvalue weighted by molar-refractivity contribution is 6.03. The Morgan fingerprint density at radius 2 is 1.75 bits per heavy atom. The fourth-order valence-corrected chi connectivity index (χ4v) is 3.85. The molecule has 0 bridgehead atoms. The monoisotopic (exact) mass is 274 g/mol. The highest BCUT2D eigenvalue weighted by atomic mass is 16.3. The molecule has 2 nitrogen and oxygen atoms in total. The number of carbonyl (C=O) groups is 1. The highest BCUT2D eigenvalue weighted by Crippen LogP contribution is 2.46. The second-order valence-electron chi connectivity index (χ2n) is 7.11. The minimum absolute atomic E-state index is 0.233. The predicted molar refractivity (Wildman–Crippen MR) is 82.1 cm³/mol. The number of aromatic hydroxyl groups is 1. The summed E-state index contributed by atoms with van der Waals surface area (Å²) in [5, 5.41) is 9.96. The number of Topliss-reactive ketones (excluding diaryl/α,β-unsaturated/α-hetero) is 1. The summed E-state index contributed by atoms with van der Waals surface area (Å²) in [6, 6.07) is 5.35. The molecule has 0 aromatic heterocycles. The summed E-state index contributed by atoms with van der Waals surface area (Å²) < 4.78 is 0. The molecule has 0 fully saturated rings. The SMILES string of the molecule is CC(C)CC1(CC(C)C)CCc2c(O)cccc2C1=O. The zero-order chi connectivity index (χ0) is 14.9. The third kappa shape index (κ3) is 2.74. The summed E-state index contributed by atoms with van der Waals surface area (Å²) in [6.45, 7) is 8.75. The van der Waals surface area contributed by atoms with E-state index >= 15 is 0 Å². The molecular weight excluding hydrogens is 248 g/mol. The van der Waals surface area contributed by atoms with Crippen LogP contribution in [0.5, 0.6) is 5.75 Å². The van der Waals surface area contributed by atoms with Crippen molar-refractivity contribution in [3.63, 3.8) is 0 Å². The number of hydrogen-bond acceptors (Lipinski definition) is 2. The number of rotatable bonds is 4. The molecule has 0 amide bonds. The van der Waals surface area contributed by atoms with Crippen LogP contribution in [-0.2, 0) is 6.42 Å². The van der Waals surface area contributed by atoms with Crippen LogP contribution in [0.15, 0.2) is 18.2 Å². The molecule has 2 rings (SSSR count). The normalized spacial score (nSPS) is 17.6. The van der Waals surface area contributed by atoms with Crippen LogP contribution in [0.25, 0.3) is 0 Å². The van der Waals surface area contributed by atoms with E-state index in [9.17, 15) is 9.90 Å². The van der Waals surface area contributed by atoms with Gasteiger partial charge in [0.25, 0.3) is 0 Å². The third-order valence-electron chi connectivity index (χ3n) is 4.33. The molecule has 1 aliphatic rings. The molecule has 1 aromatic carbocycles. The summed E-state index contributed by atoms with van der Waals surface area (Å²) in [4.78, 5) is 13.1. The van der Waals surface area contributed by atoms with Crippen molar-refractivity contribution < 1.29 is 9.90 Å². The van der Waals surface area contributed by atoms with Gasteiger partial charge in [-0.15, -0.1) is 0 Å². The second-order valence-corrected chi connectivity index (χ2v) is 7.11. The quantitative estimate of drug-likeness (QED) is 0.871. The Morgan fingerprint density at radius 3 is 2.30 bits per heavy atom. The van der Waals surface area contributed by atoms with Gasteiger partial charge in [0.05, 0.1) is 0 Å². The lowest BCUT2D eigenvalue weighted by Crippen LogP contribution is -2.38. The molecule has 0 heterocycles. The first-order valence-corrected chi connectivity index (χ1v) is 7.71. The van der Waals surface area contributed by atoms with Crippen molar-refractivity contribution in [2.45, 2.75) is 53.4 Å². The van der Waals surface area contributed by atoms with Crippen molar-refractivity contribution in [3.05, 3.63) is 29.3 Å². The smallest absolute Gasteiger partial charge is 0.169 e. The van der Waals surface area contributed by atoms with Gasteiger partial charge in [0, 0.05) is 16.5 Å². The lowest BCUT2D eigenvalue weighted by Gasteiger charge is -2.39. The molecule has 0 radical (unpaired) electrons. The van der Waals surface area contributed by atoms with Crippen LogP contribution in [0.1, 0.15) is 62.9 Å². The minimum Gasteiger partial charge on any atom is -0.508 e. The predicted octanol–water partition coefficient (Wildman–Crippen LogP) is 4.60. The van der Waals surface area contributed by atoms with Gasteiger partial charge in [-0.25, -0.2) is 0 Å². The van der Waals surface area contributed by atoms with Gasteiger partial charge in [-0.05, 0) is 43.6 Å². The molecule has 2 heteroatoms. The largest absolute Gasteiger partial charge is 0.508 e. The zero-order valence-corrected chi connectivity index (χ0v) is 13.1.